The third-order valence-corrected chi connectivity index (χ3v) is 6.73. The Kier molecular flexibility index (Phi) is 4.63. The van der Waals surface area contributed by atoms with Gasteiger partial charge >= 0.3 is 0 Å². The Balaban J connectivity index is 1.55. The summed E-state index contributed by atoms with van der Waals surface area (Å²) in [6.45, 7) is 6.20. The highest BCUT2D eigenvalue weighted by atomic mass is 32.1. The molecule has 148 valence electrons. The molecule has 2 saturated heterocycles. The number of rotatable bonds is 5. The standard InChI is InChI=1S/C22H28N4OS/c1-14-12-18(15(2)26(14)16-8-9-16)21-20(19-7-3-4-10-23-19)24-22(28)25(21)13-17-6-5-11-27-17/h3-4,7,10,12,16-17,20-21H,5-6,8-9,11,13H2,1-2H3,(H,24,28)/t17-,20+,21-/m0/s1. The Labute approximate surface area is 172 Å². The maximum Gasteiger partial charge on any atom is 0.170 e. The first-order valence-electron chi connectivity index (χ1n) is 10.4. The SMILES string of the molecule is Cc1cc([C@H]2[C@@H](c3ccccn3)NC(=S)N2C[C@@H]2CCCO2)c(C)n1C1CC1. The van der Waals surface area contributed by atoms with E-state index in [4.69, 9.17) is 17.0 Å². The van der Waals surface area contributed by atoms with Crippen molar-refractivity contribution in [3.8, 4) is 0 Å². The predicted molar refractivity (Wildman–Crippen MR) is 113 cm³/mol. The van der Waals surface area contributed by atoms with Crippen LogP contribution in [0.2, 0.25) is 0 Å². The number of hydrogen-bond acceptors (Lipinski definition) is 3. The van der Waals surface area contributed by atoms with E-state index in [0.717, 1.165) is 36.8 Å². The quantitative estimate of drug-likeness (QED) is 0.774. The lowest BCUT2D eigenvalue weighted by Crippen LogP contribution is -2.36. The molecule has 28 heavy (non-hydrogen) atoms. The van der Waals surface area contributed by atoms with Crippen LogP contribution in [-0.2, 0) is 4.74 Å². The highest BCUT2D eigenvalue weighted by Gasteiger charge is 2.43. The summed E-state index contributed by atoms with van der Waals surface area (Å²) in [5.41, 5.74) is 5.13. The van der Waals surface area contributed by atoms with Crippen molar-refractivity contribution < 1.29 is 4.74 Å². The van der Waals surface area contributed by atoms with Gasteiger partial charge in [0, 0.05) is 36.8 Å². The first-order valence-corrected chi connectivity index (χ1v) is 10.8. The van der Waals surface area contributed by atoms with Crippen LogP contribution in [0.5, 0.6) is 0 Å². The van der Waals surface area contributed by atoms with Gasteiger partial charge in [0.15, 0.2) is 5.11 Å². The lowest BCUT2D eigenvalue weighted by atomic mass is 9.96. The van der Waals surface area contributed by atoms with Crippen molar-refractivity contribution >= 4 is 17.3 Å². The summed E-state index contributed by atoms with van der Waals surface area (Å²) in [4.78, 5) is 7.01. The van der Waals surface area contributed by atoms with Crippen molar-refractivity contribution in [2.75, 3.05) is 13.2 Å². The Morgan fingerprint density at radius 1 is 1.25 bits per heavy atom. The number of thiocarbonyl (C=S) groups is 1. The second-order valence-electron chi connectivity index (χ2n) is 8.34. The van der Waals surface area contributed by atoms with Crippen molar-refractivity contribution in [1.82, 2.24) is 19.8 Å². The summed E-state index contributed by atoms with van der Waals surface area (Å²) in [5.74, 6) is 0. The molecular weight excluding hydrogens is 368 g/mol. The van der Waals surface area contributed by atoms with Crippen LogP contribution in [-0.4, -0.2) is 38.8 Å². The third-order valence-electron chi connectivity index (χ3n) is 6.38. The first kappa shape index (κ1) is 18.1. The highest BCUT2D eigenvalue weighted by Crippen LogP contribution is 2.44. The van der Waals surface area contributed by atoms with Crippen LogP contribution in [0, 0.1) is 13.8 Å². The van der Waals surface area contributed by atoms with Gasteiger partial charge in [-0.1, -0.05) is 6.07 Å². The normalized spacial score (nSPS) is 27.4. The maximum atomic E-state index is 5.95. The van der Waals surface area contributed by atoms with E-state index in [0.29, 0.717) is 6.04 Å². The lowest BCUT2D eigenvalue weighted by Gasteiger charge is -2.30. The van der Waals surface area contributed by atoms with Gasteiger partial charge in [-0.2, -0.15) is 0 Å². The van der Waals surface area contributed by atoms with Gasteiger partial charge < -0.3 is 19.5 Å². The fraction of sp³-hybridized carbons (Fsp3) is 0.545. The number of ether oxygens (including phenoxy) is 1. The van der Waals surface area contributed by atoms with Crippen molar-refractivity contribution in [1.29, 1.82) is 0 Å². The number of hydrogen-bond donors (Lipinski definition) is 1. The van der Waals surface area contributed by atoms with Gasteiger partial charge in [-0.3, -0.25) is 4.98 Å². The van der Waals surface area contributed by atoms with E-state index in [-0.39, 0.29) is 18.2 Å². The Morgan fingerprint density at radius 2 is 2.11 bits per heavy atom. The molecule has 0 radical (unpaired) electrons. The average Bonchev–Trinajstić information content (AvgIpc) is 3.16. The molecule has 0 aromatic carbocycles. The van der Waals surface area contributed by atoms with E-state index in [1.165, 1.54) is 29.8 Å². The molecule has 5 nitrogen and oxygen atoms in total. The minimum atomic E-state index is 0.0586. The number of nitrogens with zero attached hydrogens (tertiary/aromatic N) is 3. The fourth-order valence-corrected chi connectivity index (χ4v) is 5.26. The van der Waals surface area contributed by atoms with Crippen LogP contribution < -0.4 is 5.32 Å². The van der Waals surface area contributed by atoms with E-state index < -0.39 is 0 Å². The minimum absolute atomic E-state index is 0.0586. The molecule has 0 bridgehead atoms. The third kappa shape index (κ3) is 3.12. The molecular formula is C22H28N4OS. The van der Waals surface area contributed by atoms with Gasteiger partial charge in [0.2, 0.25) is 0 Å². The molecule has 0 unspecified atom stereocenters. The second kappa shape index (κ2) is 7.16. The molecule has 4 heterocycles. The second-order valence-corrected chi connectivity index (χ2v) is 8.73. The van der Waals surface area contributed by atoms with Crippen molar-refractivity contribution in [3.05, 3.63) is 53.1 Å². The molecule has 0 amide bonds. The van der Waals surface area contributed by atoms with Crippen molar-refractivity contribution in [3.63, 3.8) is 0 Å². The van der Waals surface area contributed by atoms with Crippen LogP contribution >= 0.6 is 12.2 Å². The van der Waals surface area contributed by atoms with Crippen LogP contribution in [0.15, 0.2) is 30.5 Å². The van der Waals surface area contributed by atoms with Crippen molar-refractivity contribution in [2.45, 2.75) is 63.8 Å². The molecule has 1 saturated carbocycles. The largest absolute Gasteiger partial charge is 0.376 e. The molecule has 2 aromatic rings. The van der Waals surface area contributed by atoms with E-state index in [1.807, 2.05) is 12.3 Å². The minimum Gasteiger partial charge on any atom is -0.376 e. The monoisotopic (exact) mass is 396 g/mol. The number of aromatic nitrogens is 2. The Bertz CT molecular complexity index is 870. The molecule has 3 atom stereocenters. The maximum absolute atomic E-state index is 5.95. The molecule has 2 aromatic heterocycles. The van der Waals surface area contributed by atoms with Gasteiger partial charge in [-0.25, -0.2) is 0 Å². The van der Waals surface area contributed by atoms with Crippen LogP contribution in [0.3, 0.4) is 0 Å². The van der Waals surface area contributed by atoms with E-state index in [9.17, 15) is 0 Å². The Morgan fingerprint density at radius 3 is 2.79 bits per heavy atom. The molecule has 0 spiro atoms. The van der Waals surface area contributed by atoms with Gasteiger partial charge in [-0.15, -0.1) is 0 Å². The summed E-state index contributed by atoms with van der Waals surface area (Å²) >= 11 is 5.80. The number of pyridine rings is 1. The van der Waals surface area contributed by atoms with Crippen LogP contribution in [0.1, 0.15) is 66.5 Å². The van der Waals surface area contributed by atoms with Gasteiger partial charge in [0.1, 0.15) is 0 Å². The smallest absolute Gasteiger partial charge is 0.170 e. The zero-order chi connectivity index (χ0) is 19.3. The van der Waals surface area contributed by atoms with Gasteiger partial charge in [0.25, 0.3) is 0 Å². The summed E-state index contributed by atoms with van der Waals surface area (Å²) in [6.07, 6.45) is 6.97. The summed E-state index contributed by atoms with van der Waals surface area (Å²) in [6, 6.07) is 9.37. The Hall–Kier alpha value is -1.92. The summed E-state index contributed by atoms with van der Waals surface area (Å²) in [7, 11) is 0. The van der Waals surface area contributed by atoms with E-state index in [2.05, 4.69) is 51.8 Å². The molecule has 6 heteroatoms. The highest BCUT2D eigenvalue weighted by molar-refractivity contribution is 7.80. The number of nitrogens with one attached hydrogen (secondary N) is 1. The average molecular weight is 397 g/mol. The number of aryl methyl sites for hydroxylation is 1. The van der Waals surface area contributed by atoms with Crippen LogP contribution in [0.4, 0.5) is 0 Å². The fourth-order valence-electron chi connectivity index (χ4n) is 4.95. The molecule has 1 aliphatic carbocycles. The van der Waals surface area contributed by atoms with E-state index >= 15 is 0 Å². The molecule has 3 aliphatic rings. The summed E-state index contributed by atoms with van der Waals surface area (Å²) in [5, 5.41) is 4.39. The van der Waals surface area contributed by atoms with Gasteiger partial charge in [0.05, 0.1) is 23.9 Å². The van der Waals surface area contributed by atoms with Crippen LogP contribution in [0.25, 0.3) is 0 Å². The van der Waals surface area contributed by atoms with E-state index in [1.54, 1.807) is 0 Å². The molecule has 2 aliphatic heterocycles. The predicted octanol–water partition coefficient (Wildman–Crippen LogP) is 3.99. The topological polar surface area (TPSA) is 42.3 Å². The molecule has 3 fully saturated rings. The van der Waals surface area contributed by atoms with Gasteiger partial charge in [-0.05, 0) is 75.5 Å². The zero-order valence-electron chi connectivity index (χ0n) is 16.6. The zero-order valence-corrected chi connectivity index (χ0v) is 17.4. The van der Waals surface area contributed by atoms with Crippen molar-refractivity contribution in [2.24, 2.45) is 0 Å². The molecule has 5 rings (SSSR count). The lowest BCUT2D eigenvalue weighted by molar-refractivity contribution is 0.0841. The summed E-state index contributed by atoms with van der Waals surface area (Å²) < 4.78 is 8.47. The first-order chi connectivity index (χ1) is 13.6. The molecule has 1 N–H and O–H groups in total.